The fraction of sp³-hybridized carbons (Fsp3) is 0.300. The molecule has 2 heterocycles. The molecule has 3 rings (SSSR count). The van der Waals surface area contributed by atoms with E-state index in [9.17, 15) is 10.1 Å². The number of nitrogens with one attached hydrogen (secondary N) is 1. The Morgan fingerprint density at radius 2 is 2.07 bits per heavy atom. The number of nitrogen functional groups attached to an aromatic ring is 1. The van der Waals surface area contributed by atoms with Gasteiger partial charge in [-0.3, -0.25) is 4.79 Å². The number of carbonyl (C=O) groups excluding carboxylic acids is 1. The summed E-state index contributed by atoms with van der Waals surface area (Å²) in [5.41, 5.74) is 6.95. The van der Waals surface area contributed by atoms with Crippen LogP contribution in [-0.4, -0.2) is 30.1 Å². The van der Waals surface area contributed by atoms with Crippen molar-refractivity contribution in [2.45, 2.75) is 29.2 Å². The number of thioether (sulfide) groups is 1. The van der Waals surface area contributed by atoms with Gasteiger partial charge in [0.25, 0.3) is 0 Å². The molecule has 7 nitrogen and oxygen atoms in total. The highest BCUT2D eigenvalue weighted by Gasteiger charge is 2.26. The van der Waals surface area contributed by atoms with Crippen molar-refractivity contribution in [3.8, 4) is 12.1 Å². The van der Waals surface area contributed by atoms with Crippen molar-refractivity contribution in [1.82, 2.24) is 10.3 Å². The zero-order valence-corrected chi connectivity index (χ0v) is 15.9. The van der Waals surface area contributed by atoms with E-state index in [0.717, 1.165) is 36.8 Å². The van der Waals surface area contributed by atoms with E-state index in [1.165, 1.54) is 6.07 Å². The molecule has 1 aliphatic rings. The summed E-state index contributed by atoms with van der Waals surface area (Å²) in [5.74, 6) is -0.157. The summed E-state index contributed by atoms with van der Waals surface area (Å²) in [6, 6.07) is 14.6. The largest absolute Gasteiger partial charge is 0.383 e. The first-order valence-corrected chi connectivity index (χ1v) is 9.72. The average Bonchev–Trinajstić information content (AvgIpc) is 3.24. The number of rotatable bonds is 6. The van der Waals surface area contributed by atoms with Crippen molar-refractivity contribution < 1.29 is 9.53 Å². The van der Waals surface area contributed by atoms with Crippen LogP contribution in [0, 0.1) is 22.7 Å². The number of ether oxygens (including phenoxy) is 1. The van der Waals surface area contributed by atoms with Crippen LogP contribution in [-0.2, 0) is 9.53 Å². The maximum absolute atomic E-state index is 12.9. The summed E-state index contributed by atoms with van der Waals surface area (Å²) < 4.78 is 5.56. The Balaban J connectivity index is 1.86. The molecular formula is C20H19N5O2S. The molecule has 2 atom stereocenters. The number of carbonyl (C=O) groups is 1. The molecule has 1 aliphatic heterocycles. The average molecular weight is 393 g/mol. The van der Waals surface area contributed by atoms with Gasteiger partial charge >= 0.3 is 0 Å². The molecule has 3 N–H and O–H groups in total. The molecule has 142 valence electrons. The van der Waals surface area contributed by atoms with Gasteiger partial charge in [-0.25, -0.2) is 4.98 Å². The van der Waals surface area contributed by atoms with E-state index >= 15 is 0 Å². The first-order chi connectivity index (χ1) is 13.6. The quantitative estimate of drug-likeness (QED) is 0.722. The number of nitrogens with zero attached hydrogens (tertiary/aromatic N) is 3. The van der Waals surface area contributed by atoms with Crippen LogP contribution in [0.5, 0.6) is 0 Å². The number of benzene rings is 1. The second-order valence-corrected chi connectivity index (χ2v) is 7.38. The number of nitrogens with two attached hydrogens (primary N) is 1. The van der Waals surface area contributed by atoms with E-state index in [2.05, 4.69) is 10.3 Å². The molecule has 0 unspecified atom stereocenters. The highest BCUT2D eigenvalue weighted by Crippen LogP contribution is 2.37. The van der Waals surface area contributed by atoms with Crippen molar-refractivity contribution in [1.29, 1.82) is 10.5 Å². The molecule has 1 aromatic heterocycles. The Morgan fingerprint density at radius 3 is 2.71 bits per heavy atom. The van der Waals surface area contributed by atoms with E-state index in [1.807, 2.05) is 42.5 Å². The maximum Gasteiger partial charge on any atom is 0.238 e. The van der Waals surface area contributed by atoms with Gasteiger partial charge in [0.2, 0.25) is 5.91 Å². The van der Waals surface area contributed by atoms with Crippen LogP contribution < -0.4 is 11.1 Å². The minimum atomic E-state index is -0.616. The predicted octanol–water partition coefficient (Wildman–Crippen LogP) is 2.54. The molecule has 8 heteroatoms. The third-order valence-electron chi connectivity index (χ3n) is 4.36. The molecule has 2 aromatic rings. The van der Waals surface area contributed by atoms with Crippen LogP contribution >= 0.6 is 11.8 Å². The van der Waals surface area contributed by atoms with Crippen LogP contribution in [0.15, 0.2) is 41.4 Å². The van der Waals surface area contributed by atoms with Crippen molar-refractivity contribution in [3.05, 3.63) is 53.1 Å². The van der Waals surface area contributed by atoms with E-state index in [-0.39, 0.29) is 29.0 Å². The molecule has 0 bridgehead atoms. The zero-order chi connectivity index (χ0) is 19.9. The lowest BCUT2D eigenvalue weighted by molar-refractivity contribution is -0.121. The normalized spacial score (nSPS) is 16.7. The SMILES string of the molecule is N#Cc1cc(C#N)c(S[C@@H](C(=O)NC[C@H]2CCCO2)c2ccccc2)nc1N. The Morgan fingerprint density at radius 1 is 1.32 bits per heavy atom. The van der Waals surface area contributed by atoms with Crippen LogP contribution in [0.3, 0.4) is 0 Å². The topological polar surface area (TPSA) is 125 Å². The number of amides is 1. The molecule has 1 fully saturated rings. The van der Waals surface area contributed by atoms with Gasteiger partial charge in [0.1, 0.15) is 28.2 Å². The molecule has 0 spiro atoms. The van der Waals surface area contributed by atoms with E-state index in [1.54, 1.807) is 0 Å². The van der Waals surface area contributed by atoms with Crippen molar-refractivity contribution >= 4 is 23.5 Å². The lowest BCUT2D eigenvalue weighted by atomic mass is 10.1. The number of hydrogen-bond donors (Lipinski definition) is 2. The highest BCUT2D eigenvalue weighted by atomic mass is 32.2. The maximum atomic E-state index is 12.9. The van der Waals surface area contributed by atoms with Gasteiger partial charge in [0.15, 0.2) is 0 Å². The van der Waals surface area contributed by atoms with Crippen molar-refractivity contribution in [3.63, 3.8) is 0 Å². The minimum absolute atomic E-state index is 0.0312. The van der Waals surface area contributed by atoms with Gasteiger partial charge in [-0.2, -0.15) is 10.5 Å². The molecule has 28 heavy (non-hydrogen) atoms. The summed E-state index contributed by atoms with van der Waals surface area (Å²) in [5, 5.41) is 21.2. The summed E-state index contributed by atoms with van der Waals surface area (Å²) >= 11 is 1.14. The molecule has 0 aliphatic carbocycles. The Hall–Kier alpha value is -3.07. The lowest BCUT2D eigenvalue weighted by Crippen LogP contribution is -2.34. The number of aromatic nitrogens is 1. The summed E-state index contributed by atoms with van der Waals surface area (Å²) in [7, 11) is 0. The Bertz CT molecular complexity index is 930. The first-order valence-electron chi connectivity index (χ1n) is 8.84. The molecule has 1 saturated heterocycles. The Kier molecular flexibility index (Phi) is 6.49. The Labute approximate surface area is 167 Å². The van der Waals surface area contributed by atoms with Gasteiger partial charge in [-0.1, -0.05) is 42.1 Å². The number of nitriles is 2. The fourth-order valence-electron chi connectivity index (χ4n) is 2.89. The molecule has 1 amide bonds. The third kappa shape index (κ3) is 4.61. The van der Waals surface area contributed by atoms with E-state index in [0.29, 0.717) is 11.6 Å². The van der Waals surface area contributed by atoms with Crippen molar-refractivity contribution in [2.75, 3.05) is 18.9 Å². The van der Waals surface area contributed by atoms with Gasteiger partial charge in [-0.15, -0.1) is 0 Å². The number of hydrogen-bond acceptors (Lipinski definition) is 7. The second kappa shape index (κ2) is 9.23. The van der Waals surface area contributed by atoms with Crippen LogP contribution in [0.2, 0.25) is 0 Å². The van der Waals surface area contributed by atoms with E-state index < -0.39 is 5.25 Å². The minimum Gasteiger partial charge on any atom is -0.383 e. The molecular weight excluding hydrogens is 374 g/mol. The lowest BCUT2D eigenvalue weighted by Gasteiger charge is -2.19. The number of anilines is 1. The third-order valence-corrected chi connectivity index (χ3v) is 5.61. The summed E-state index contributed by atoms with van der Waals surface area (Å²) in [6.07, 6.45) is 1.95. The molecule has 1 aromatic carbocycles. The van der Waals surface area contributed by atoms with Crippen LogP contribution in [0.25, 0.3) is 0 Å². The van der Waals surface area contributed by atoms with Gasteiger partial charge < -0.3 is 15.8 Å². The zero-order valence-electron chi connectivity index (χ0n) is 15.1. The summed E-state index contributed by atoms with van der Waals surface area (Å²) in [6.45, 7) is 1.16. The van der Waals surface area contributed by atoms with Crippen LogP contribution in [0.4, 0.5) is 5.82 Å². The second-order valence-electron chi connectivity index (χ2n) is 6.29. The highest BCUT2D eigenvalue weighted by molar-refractivity contribution is 8.00. The monoisotopic (exact) mass is 393 g/mol. The van der Waals surface area contributed by atoms with Gasteiger partial charge in [0, 0.05) is 13.2 Å². The molecule has 0 saturated carbocycles. The van der Waals surface area contributed by atoms with Crippen LogP contribution in [0.1, 0.15) is 34.8 Å². The van der Waals surface area contributed by atoms with Crippen molar-refractivity contribution in [2.24, 2.45) is 0 Å². The summed E-state index contributed by atoms with van der Waals surface area (Å²) in [4.78, 5) is 17.1. The first kappa shape index (κ1) is 19.7. The fourth-order valence-corrected chi connectivity index (χ4v) is 3.98. The molecule has 0 radical (unpaired) electrons. The smallest absolute Gasteiger partial charge is 0.238 e. The predicted molar refractivity (Wildman–Crippen MR) is 105 cm³/mol. The van der Waals surface area contributed by atoms with E-state index in [4.69, 9.17) is 15.7 Å². The van der Waals surface area contributed by atoms with Gasteiger partial charge in [-0.05, 0) is 24.5 Å². The number of pyridine rings is 1. The van der Waals surface area contributed by atoms with Gasteiger partial charge in [0.05, 0.1) is 17.2 Å². The standard InChI is InChI=1S/C20H19N5O2S/c21-10-14-9-15(11-22)20(25-18(14)23)28-17(13-5-2-1-3-6-13)19(26)24-12-16-7-4-8-27-16/h1-3,5-6,9,16-17H,4,7-8,12H2,(H2,23,25)(H,24,26)/t16-,17-/m1/s1.